The molecule has 1 atom stereocenters. The molecule has 3 rings (SSSR count). The zero-order valence-electron chi connectivity index (χ0n) is 13.4. The van der Waals surface area contributed by atoms with E-state index in [1.807, 2.05) is 19.1 Å². The smallest absolute Gasteiger partial charge is 0.367 e. The minimum atomic E-state index is -0.447. The van der Waals surface area contributed by atoms with Gasteiger partial charge in [-0.3, -0.25) is 4.79 Å². The van der Waals surface area contributed by atoms with Crippen molar-refractivity contribution in [2.45, 2.75) is 26.2 Å². The molecule has 1 aromatic rings. The first-order chi connectivity index (χ1) is 11.7. The van der Waals surface area contributed by atoms with E-state index >= 15 is 0 Å². The fraction of sp³-hybridized carbons (Fsp3) is 0.412. The highest BCUT2D eigenvalue weighted by atomic mass is 32.2. The number of thioether (sulfide) groups is 1. The van der Waals surface area contributed by atoms with Gasteiger partial charge in [0.2, 0.25) is 5.91 Å². The first-order valence-electron chi connectivity index (χ1n) is 8.01. The average molecular weight is 345 g/mol. The standard InChI is InChI=1S/C17H19N3O3S/c1-2-23-12-8-6-11(7-9-12)18-15(21)10-24-16-13-4-3-5-14(13)19-17(22)20-16/h6-9,13H,2-5,10H2,1H3,(H,18,21). The van der Waals surface area contributed by atoms with Crippen molar-refractivity contribution in [3.63, 3.8) is 0 Å². The first-order valence-corrected chi connectivity index (χ1v) is 9.00. The number of urea groups is 1. The lowest BCUT2D eigenvalue weighted by Gasteiger charge is -2.16. The van der Waals surface area contributed by atoms with E-state index in [9.17, 15) is 9.59 Å². The average Bonchev–Trinajstić information content (AvgIpc) is 3.03. The van der Waals surface area contributed by atoms with Crippen molar-refractivity contribution in [1.82, 2.24) is 0 Å². The van der Waals surface area contributed by atoms with Gasteiger partial charge in [-0.25, -0.2) is 9.79 Å². The van der Waals surface area contributed by atoms with Crippen LogP contribution in [0.1, 0.15) is 26.2 Å². The van der Waals surface area contributed by atoms with Gasteiger partial charge >= 0.3 is 6.03 Å². The molecule has 24 heavy (non-hydrogen) atoms. The van der Waals surface area contributed by atoms with Gasteiger partial charge in [-0.1, -0.05) is 11.8 Å². The number of carbonyl (C=O) groups excluding carboxylic acids is 2. The summed E-state index contributed by atoms with van der Waals surface area (Å²) in [6.07, 6.45) is 2.83. The number of nitrogens with one attached hydrogen (secondary N) is 1. The first kappa shape index (κ1) is 16.7. The number of hydrogen-bond donors (Lipinski definition) is 1. The van der Waals surface area contributed by atoms with Crippen molar-refractivity contribution in [1.29, 1.82) is 0 Å². The summed E-state index contributed by atoms with van der Waals surface area (Å²) in [4.78, 5) is 31.6. The minimum absolute atomic E-state index is 0.124. The highest BCUT2D eigenvalue weighted by molar-refractivity contribution is 8.14. The van der Waals surface area contributed by atoms with Crippen LogP contribution in [-0.4, -0.2) is 35.1 Å². The van der Waals surface area contributed by atoms with Crippen LogP contribution < -0.4 is 10.1 Å². The van der Waals surface area contributed by atoms with E-state index in [1.165, 1.54) is 11.8 Å². The van der Waals surface area contributed by atoms with Gasteiger partial charge in [0, 0.05) is 17.3 Å². The van der Waals surface area contributed by atoms with Crippen molar-refractivity contribution < 1.29 is 14.3 Å². The number of carbonyl (C=O) groups is 2. The quantitative estimate of drug-likeness (QED) is 0.885. The second-order valence-corrected chi connectivity index (χ2v) is 6.57. The molecule has 1 saturated carbocycles. The lowest BCUT2D eigenvalue weighted by atomic mass is 10.1. The monoisotopic (exact) mass is 345 g/mol. The maximum absolute atomic E-state index is 12.1. The molecule has 1 aromatic carbocycles. The molecular formula is C17H19N3O3S. The van der Waals surface area contributed by atoms with E-state index < -0.39 is 6.03 Å². The molecule has 1 aliphatic heterocycles. The number of anilines is 1. The van der Waals surface area contributed by atoms with Crippen molar-refractivity contribution in [2.75, 3.05) is 17.7 Å². The number of amides is 3. The predicted molar refractivity (Wildman–Crippen MR) is 96.3 cm³/mol. The Hall–Kier alpha value is -2.15. The molecule has 1 unspecified atom stereocenters. The van der Waals surface area contributed by atoms with Gasteiger partial charge in [0.15, 0.2) is 0 Å². The van der Waals surface area contributed by atoms with Crippen molar-refractivity contribution in [2.24, 2.45) is 15.9 Å². The summed E-state index contributed by atoms with van der Waals surface area (Å²) in [5, 5.41) is 3.56. The lowest BCUT2D eigenvalue weighted by molar-refractivity contribution is -0.113. The van der Waals surface area contributed by atoms with Crippen LogP contribution in [0.2, 0.25) is 0 Å². The number of nitrogens with zero attached hydrogens (tertiary/aromatic N) is 2. The van der Waals surface area contributed by atoms with Gasteiger partial charge in [-0.15, -0.1) is 0 Å². The van der Waals surface area contributed by atoms with Crippen LogP contribution in [0.4, 0.5) is 10.5 Å². The van der Waals surface area contributed by atoms with Crippen LogP contribution in [0.5, 0.6) is 5.75 Å². The normalized spacial score (nSPS) is 19.4. The van der Waals surface area contributed by atoms with Crippen molar-refractivity contribution in [3.05, 3.63) is 24.3 Å². The van der Waals surface area contributed by atoms with Crippen LogP contribution in [0.15, 0.2) is 34.3 Å². The Kier molecular flexibility index (Phi) is 5.30. The summed E-state index contributed by atoms with van der Waals surface area (Å²) in [6.45, 7) is 2.53. The van der Waals surface area contributed by atoms with E-state index in [2.05, 4.69) is 15.3 Å². The Morgan fingerprint density at radius 3 is 2.88 bits per heavy atom. The second-order valence-electron chi connectivity index (χ2n) is 5.57. The summed E-state index contributed by atoms with van der Waals surface area (Å²) in [6, 6.07) is 6.79. The third-order valence-corrected chi connectivity index (χ3v) is 4.95. The van der Waals surface area contributed by atoms with Gasteiger partial charge in [-0.2, -0.15) is 4.99 Å². The molecule has 6 nitrogen and oxygen atoms in total. The summed E-state index contributed by atoms with van der Waals surface area (Å²) < 4.78 is 5.37. The summed E-state index contributed by atoms with van der Waals surface area (Å²) in [5.74, 6) is 1.00. The maximum atomic E-state index is 12.1. The largest absolute Gasteiger partial charge is 0.494 e. The van der Waals surface area contributed by atoms with Crippen LogP contribution in [0, 0.1) is 5.92 Å². The fourth-order valence-corrected chi connectivity index (χ4v) is 3.77. The number of aliphatic imine (C=N–C) groups is 2. The van der Waals surface area contributed by atoms with Gasteiger partial charge in [0.05, 0.1) is 17.4 Å². The van der Waals surface area contributed by atoms with Crippen LogP contribution in [0.3, 0.4) is 0 Å². The summed E-state index contributed by atoms with van der Waals surface area (Å²) in [5.41, 5.74) is 1.64. The van der Waals surface area contributed by atoms with Crippen LogP contribution in [-0.2, 0) is 4.79 Å². The second kappa shape index (κ2) is 7.61. The molecule has 0 saturated heterocycles. The fourth-order valence-electron chi connectivity index (χ4n) is 2.82. The highest BCUT2D eigenvalue weighted by Crippen LogP contribution is 2.31. The molecule has 0 aromatic heterocycles. The third kappa shape index (κ3) is 4.03. The van der Waals surface area contributed by atoms with Gasteiger partial charge in [-0.05, 0) is 50.5 Å². The van der Waals surface area contributed by atoms with Gasteiger partial charge in [0.1, 0.15) is 5.75 Å². The van der Waals surface area contributed by atoms with Crippen LogP contribution in [0.25, 0.3) is 0 Å². The lowest BCUT2D eigenvalue weighted by Crippen LogP contribution is -2.24. The predicted octanol–water partition coefficient (Wildman–Crippen LogP) is 3.53. The summed E-state index contributed by atoms with van der Waals surface area (Å²) in [7, 11) is 0. The minimum Gasteiger partial charge on any atom is -0.494 e. The van der Waals surface area contributed by atoms with Gasteiger partial charge in [0.25, 0.3) is 0 Å². The molecular weight excluding hydrogens is 326 g/mol. The Balaban J connectivity index is 1.53. The van der Waals surface area contributed by atoms with E-state index in [1.54, 1.807) is 12.1 Å². The highest BCUT2D eigenvalue weighted by Gasteiger charge is 2.32. The van der Waals surface area contributed by atoms with Crippen molar-refractivity contribution >= 4 is 40.1 Å². The third-order valence-electron chi connectivity index (χ3n) is 3.87. The zero-order chi connectivity index (χ0) is 16.9. The molecule has 2 aliphatic rings. The number of rotatable bonds is 5. The molecule has 0 bridgehead atoms. The molecule has 7 heteroatoms. The molecule has 1 heterocycles. The van der Waals surface area contributed by atoms with E-state index in [-0.39, 0.29) is 17.6 Å². The molecule has 1 fully saturated rings. The van der Waals surface area contributed by atoms with E-state index in [0.717, 1.165) is 35.8 Å². The number of ether oxygens (including phenoxy) is 1. The molecule has 1 aliphatic carbocycles. The molecule has 3 amide bonds. The number of fused-ring (bicyclic) bond motifs is 1. The van der Waals surface area contributed by atoms with E-state index in [4.69, 9.17) is 4.74 Å². The maximum Gasteiger partial charge on any atom is 0.367 e. The van der Waals surface area contributed by atoms with Crippen LogP contribution >= 0.6 is 11.8 Å². The van der Waals surface area contributed by atoms with E-state index in [0.29, 0.717) is 12.3 Å². The SMILES string of the molecule is CCOc1ccc(NC(=O)CSC2=NC(=O)N=C3CCCC32)cc1. The Morgan fingerprint density at radius 2 is 2.12 bits per heavy atom. The molecule has 0 spiro atoms. The Bertz CT molecular complexity index is 698. The number of hydrogen-bond acceptors (Lipinski definition) is 4. The van der Waals surface area contributed by atoms with Gasteiger partial charge < -0.3 is 10.1 Å². The summed E-state index contributed by atoms with van der Waals surface area (Å²) >= 11 is 1.33. The molecule has 126 valence electrons. The topological polar surface area (TPSA) is 80.1 Å². The molecule has 0 radical (unpaired) electrons. The Morgan fingerprint density at radius 1 is 1.33 bits per heavy atom. The Labute approximate surface area is 144 Å². The molecule has 1 N–H and O–H groups in total. The van der Waals surface area contributed by atoms with Crippen molar-refractivity contribution in [3.8, 4) is 5.75 Å². The zero-order valence-corrected chi connectivity index (χ0v) is 14.3. The number of benzene rings is 1.